The zero-order valence-corrected chi connectivity index (χ0v) is 14.9. The Bertz CT molecular complexity index is 1050. The van der Waals surface area contributed by atoms with Crippen LogP contribution in [0.4, 0.5) is 0 Å². The molecular weight excluding hydrogens is 344 g/mol. The van der Waals surface area contributed by atoms with Crippen LogP contribution in [0.2, 0.25) is 0 Å². The van der Waals surface area contributed by atoms with E-state index in [1.165, 1.54) is 0 Å². The van der Waals surface area contributed by atoms with Gasteiger partial charge in [-0.25, -0.2) is 4.98 Å². The smallest absolute Gasteiger partial charge is 0.257 e. The van der Waals surface area contributed by atoms with Gasteiger partial charge < -0.3 is 18.9 Å². The molecule has 1 aliphatic rings. The fourth-order valence-electron chi connectivity index (χ4n) is 3.21. The largest absolute Gasteiger partial charge is 0.438 e. The average molecular weight is 362 g/mol. The lowest BCUT2D eigenvalue weighted by Crippen LogP contribution is -2.40. The van der Waals surface area contributed by atoms with Crippen molar-refractivity contribution in [3.8, 4) is 17.7 Å². The third-order valence-corrected chi connectivity index (χ3v) is 4.58. The standard InChI is InChI=1S/C20H18N4O3/c1-23-6-5-16-18(23)17(20(25)24-7-9-26-10-8-24)13-22-19(16)27-15-4-2-3-14(11-15)12-21/h2-6,11,13H,7-10H2,1H3. The van der Waals surface area contributed by atoms with E-state index in [0.29, 0.717) is 49.1 Å². The number of nitriles is 1. The molecule has 1 saturated heterocycles. The second-order valence-corrected chi connectivity index (χ2v) is 6.31. The molecule has 0 bridgehead atoms. The van der Waals surface area contributed by atoms with Gasteiger partial charge in [-0.05, 0) is 24.3 Å². The topological polar surface area (TPSA) is 80.4 Å². The maximum atomic E-state index is 13.0. The zero-order chi connectivity index (χ0) is 18.8. The molecule has 3 aromatic rings. The molecule has 7 heteroatoms. The molecule has 136 valence electrons. The summed E-state index contributed by atoms with van der Waals surface area (Å²) >= 11 is 0. The zero-order valence-electron chi connectivity index (χ0n) is 14.9. The number of pyridine rings is 1. The van der Waals surface area contributed by atoms with Gasteiger partial charge in [-0.1, -0.05) is 6.07 Å². The van der Waals surface area contributed by atoms with E-state index < -0.39 is 0 Å². The molecule has 1 aromatic carbocycles. The van der Waals surface area contributed by atoms with E-state index in [4.69, 9.17) is 14.7 Å². The summed E-state index contributed by atoms with van der Waals surface area (Å²) in [6, 6.07) is 10.9. The van der Waals surface area contributed by atoms with Crippen molar-refractivity contribution in [3.05, 3.63) is 53.9 Å². The molecule has 0 spiro atoms. The highest BCUT2D eigenvalue weighted by molar-refractivity contribution is 6.06. The fourth-order valence-corrected chi connectivity index (χ4v) is 3.21. The molecule has 0 atom stereocenters. The third-order valence-electron chi connectivity index (χ3n) is 4.58. The molecule has 3 heterocycles. The summed E-state index contributed by atoms with van der Waals surface area (Å²) in [7, 11) is 1.89. The summed E-state index contributed by atoms with van der Waals surface area (Å²) in [5.41, 5.74) is 1.82. The van der Waals surface area contributed by atoms with Crippen LogP contribution in [0.5, 0.6) is 11.6 Å². The van der Waals surface area contributed by atoms with Crippen molar-refractivity contribution in [1.82, 2.24) is 14.5 Å². The summed E-state index contributed by atoms with van der Waals surface area (Å²) in [5.74, 6) is 0.869. The van der Waals surface area contributed by atoms with Gasteiger partial charge in [-0.2, -0.15) is 5.26 Å². The SMILES string of the molecule is Cn1ccc2c(Oc3cccc(C#N)c3)ncc(C(=O)N3CCOCC3)c21. The highest BCUT2D eigenvalue weighted by atomic mass is 16.5. The second kappa shape index (κ2) is 7.09. The summed E-state index contributed by atoms with van der Waals surface area (Å²) in [5, 5.41) is 9.80. The third kappa shape index (κ3) is 3.23. The lowest BCUT2D eigenvalue weighted by Gasteiger charge is -2.27. The molecule has 4 rings (SSSR count). The van der Waals surface area contributed by atoms with Gasteiger partial charge in [-0.15, -0.1) is 0 Å². The summed E-state index contributed by atoms with van der Waals surface area (Å²) in [6.45, 7) is 2.24. The summed E-state index contributed by atoms with van der Waals surface area (Å²) < 4.78 is 13.1. The number of amides is 1. The number of nitrogens with zero attached hydrogens (tertiary/aromatic N) is 4. The molecule has 7 nitrogen and oxygen atoms in total. The van der Waals surface area contributed by atoms with Crippen LogP contribution in [0.1, 0.15) is 15.9 Å². The summed E-state index contributed by atoms with van der Waals surface area (Å²) in [6.07, 6.45) is 3.44. The minimum absolute atomic E-state index is 0.0596. The first-order valence-electron chi connectivity index (χ1n) is 8.66. The number of fused-ring (bicyclic) bond motifs is 1. The van der Waals surface area contributed by atoms with Crippen molar-refractivity contribution in [1.29, 1.82) is 5.26 Å². The monoisotopic (exact) mass is 362 g/mol. The van der Waals surface area contributed by atoms with Crippen molar-refractivity contribution in [2.75, 3.05) is 26.3 Å². The van der Waals surface area contributed by atoms with Crippen LogP contribution in [0, 0.1) is 11.3 Å². The molecule has 0 radical (unpaired) electrons. The number of aryl methyl sites for hydroxylation is 1. The van der Waals surface area contributed by atoms with Gasteiger partial charge in [0.1, 0.15) is 5.75 Å². The Morgan fingerprint density at radius 1 is 1.30 bits per heavy atom. The van der Waals surface area contributed by atoms with Crippen molar-refractivity contribution in [2.24, 2.45) is 7.05 Å². The van der Waals surface area contributed by atoms with E-state index in [9.17, 15) is 4.79 Å². The second-order valence-electron chi connectivity index (χ2n) is 6.31. The van der Waals surface area contributed by atoms with Crippen molar-refractivity contribution in [2.45, 2.75) is 0 Å². The molecular formula is C20H18N4O3. The van der Waals surface area contributed by atoms with Crippen LogP contribution >= 0.6 is 0 Å². The highest BCUT2D eigenvalue weighted by Gasteiger charge is 2.23. The van der Waals surface area contributed by atoms with Gasteiger partial charge >= 0.3 is 0 Å². The maximum Gasteiger partial charge on any atom is 0.257 e. The molecule has 2 aromatic heterocycles. The fraction of sp³-hybridized carbons (Fsp3) is 0.250. The van der Waals surface area contributed by atoms with E-state index in [1.807, 2.05) is 23.9 Å². The highest BCUT2D eigenvalue weighted by Crippen LogP contribution is 2.31. The molecule has 1 fully saturated rings. The molecule has 0 saturated carbocycles. The summed E-state index contributed by atoms with van der Waals surface area (Å²) in [4.78, 5) is 19.1. The van der Waals surface area contributed by atoms with Crippen molar-refractivity contribution in [3.63, 3.8) is 0 Å². The number of hydrogen-bond donors (Lipinski definition) is 0. The van der Waals surface area contributed by atoms with Crippen LogP contribution in [-0.2, 0) is 11.8 Å². The molecule has 1 amide bonds. The van der Waals surface area contributed by atoms with Gasteiger partial charge in [0.15, 0.2) is 0 Å². The first-order chi connectivity index (χ1) is 13.2. The Morgan fingerprint density at radius 2 is 2.11 bits per heavy atom. The Morgan fingerprint density at radius 3 is 2.89 bits per heavy atom. The van der Waals surface area contributed by atoms with Gasteiger partial charge in [0.25, 0.3) is 5.91 Å². The van der Waals surface area contributed by atoms with Crippen molar-refractivity contribution < 1.29 is 14.3 Å². The molecule has 1 aliphatic heterocycles. The number of carbonyl (C=O) groups is 1. The van der Waals surface area contributed by atoms with E-state index in [1.54, 1.807) is 35.4 Å². The lowest BCUT2D eigenvalue weighted by atomic mass is 10.1. The maximum absolute atomic E-state index is 13.0. The van der Waals surface area contributed by atoms with Crippen molar-refractivity contribution >= 4 is 16.8 Å². The molecule has 27 heavy (non-hydrogen) atoms. The molecule has 0 aliphatic carbocycles. The normalized spacial score (nSPS) is 14.1. The predicted octanol–water partition coefficient (Wildman–Crippen LogP) is 2.71. The van der Waals surface area contributed by atoms with Crippen LogP contribution < -0.4 is 4.74 Å². The van der Waals surface area contributed by atoms with Crippen LogP contribution in [0.25, 0.3) is 10.9 Å². The van der Waals surface area contributed by atoms with Crippen LogP contribution in [-0.4, -0.2) is 46.7 Å². The van der Waals surface area contributed by atoms with E-state index >= 15 is 0 Å². The Kier molecular flexibility index (Phi) is 4.48. The Hall–Kier alpha value is -3.37. The quantitative estimate of drug-likeness (QED) is 0.716. The number of carbonyl (C=O) groups excluding carboxylic acids is 1. The number of hydrogen-bond acceptors (Lipinski definition) is 5. The average Bonchev–Trinajstić information content (AvgIpc) is 3.11. The Labute approximate surface area is 156 Å². The van der Waals surface area contributed by atoms with E-state index in [0.717, 1.165) is 10.9 Å². The van der Waals surface area contributed by atoms with Gasteiger partial charge in [-0.3, -0.25) is 4.79 Å². The first-order valence-corrected chi connectivity index (χ1v) is 8.66. The number of rotatable bonds is 3. The number of aromatic nitrogens is 2. The molecule has 0 N–H and O–H groups in total. The van der Waals surface area contributed by atoms with Gasteiger partial charge in [0.2, 0.25) is 5.88 Å². The van der Waals surface area contributed by atoms with E-state index in [2.05, 4.69) is 11.1 Å². The van der Waals surface area contributed by atoms with Crippen LogP contribution in [0.3, 0.4) is 0 Å². The number of morpholine rings is 1. The van der Waals surface area contributed by atoms with Crippen LogP contribution in [0.15, 0.2) is 42.7 Å². The molecule has 0 unspecified atom stereocenters. The number of ether oxygens (including phenoxy) is 2. The Balaban J connectivity index is 1.72. The minimum atomic E-state index is -0.0596. The first kappa shape index (κ1) is 17.1. The minimum Gasteiger partial charge on any atom is -0.438 e. The number of benzene rings is 1. The van der Waals surface area contributed by atoms with Gasteiger partial charge in [0, 0.05) is 32.5 Å². The lowest BCUT2D eigenvalue weighted by molar-refractivity contribution is 0.0303. The predicted molar refractivity (Wildman–Crippen MR) is 98.7 cm³/mol. The van der Waals surface area contributed by atoms with E-state index in [-0.39, 0.29) is 5.91 Å². The van der Waals surface area contributed by atoms with Gasteiger partial charge in [0.05, 0.1) is 41.3 Å².